The van der Waals surface area contributed by atoms with Gasteiger partial charge in [0.25, 0.3) is 0 Å². The summed E-state index contributed by atoms with van der Waals surface area (Å²) in [6.07, 6.45) is 2.92. The zero-order valence-electron chi connectivity index (χ0n) is 15.4. The summed E-state index contributed by atoms with van der Waals surface area (Å²) >= 11 is 0. The second-order valence-electron chi connectivity index (χ2n) is 6.31. The van der Waals surface area contributed by atoms with Gasteiger partial charge in [-0.05, 0) is 36.8 Å². The van der Waals surface area contributed by atoms with E-state index in [9.17, 15) is 15.2 Å². The number of aryl methyl sites for hydroxylation is 1. The van der Waals surface area contributed by atoms with Crippen molar-refractivity contribution >= 4 is 11.5 Å². The molecule has 0 aliphatic heterocycles. The van der Waals surface area contributed by atoms with E-state index in [0.29, 0.717) is 34.1 Å². The van der Waals surface area contributed by atoms with Crippen LogP contribution in [-0.2, 0) is 0 Å². The Morgan fingerprint density at radius 2 is 1.90 bits per heavy atom. The Morgan fingerprint density at radius 3 is 2.62 bits per heavy atom. The number of aromatic carboxylic acids is 1. The molecule has 0 amide bonds. The van der Waals surface area contributed by atoms with Crippen molar-refractivity contribution in [3.63, 3.8) is 0 Å². The average Bonchev–Trinajstić information content (AvgIpc) is 3.16. The number of ether oxygens (including phenoxy) is 2. The summed E-state index contributed by atoms with van der Waals surface area (Å²) in [7, 11) is 0. The summed E-state index contributed by atoms with van der Waals surface area (Å²) in [5, 5.41) is 22.9. The molecule has 142 valence electrons. The summed E-state index contributed by atoms with van der Waals surface area (Å²) in [4.78, 5) is 11.2. The molecular formula is C22H15N3O4. The van der Waals surface area contributed by atoms with E-state index in [4.69, 9.17) is 9.47 Å². The van der Waals surface area contributed by atoms with Crippen molar-refractivity contribution in [2.24, 2.45) is 0 Å². The van der Waals surface area contributed by atoms with E-state index < -0.39 is 5.97 Å². The van der Waals surface area contributed by atoms with E-state index in [1.807, 2.05) is 37.3 Å². The smallest absolute Gasteiger partial charge is 0.337 e. The Labute approximate surface area is 166 Å². The van der Waals surface area contributed by atoms with Crippen molar-refractivity contribution < 1.29 is 19.4 Å². The van der Waals surface area contributed by atoms with Crippen LogP contribution in [-0.4, -0.2) is 20.7 Å². The number of hydrogen-bond donors (Lipinski definition) is 1. The summed E-state index contributed by atoms with van der Waals surface area (Å²) in [6, 6.07) is 17.8. The molecule has 0 saturated heterocycles. The van der Waals surface area contributed by atoms with Gasteiger partial charge in [0, 0.05) is 18.3 Å². The third kappa shape index (κ3) is 3.59. The van der Waals surface area contributed by atoms with Crippen LogP contribution in [0.25, 0.3) is 5.52 Å². The molecule has 29 heavy (non-hydrogen) atoms. The number of benzene rings is 2. The first-order valence-corrected chi connectivity index (χ1v) is 8.71. The van der Waals surface area contributed by atoms with E-state index in [1.54, 1.807) is 18.2 Å². The average molecular weight is 385 g/mol. The van der Waals surface area contributed by atoms with Crippen LogP contribution >= 0.6 is 0 Å². The fourth-order valence-corrected chi connectivity index (χ4v) is 2.94. The molecule has 2 aromatic carbocycles. The minimum absolute atomic E-state index is 0.106. The van der Waals surface area contributed by atoms with Crippen molar-refractivity contribution in [3.05, 3.63) is 83.7 Å². The van der Waals surface area contributed by atoms with E-state index >= 15 is 0 Å². The minimum Gasteiger partial charge on any atom is -0.478 e. The monoisotopic (exact) mass is 385 g/mol. The molecular weight excluding hydrogens is 370 g/mol. The molecule has 0 aliphatic carbocycles. The van der Waals surface area contributed by atoms with Crippen LogP contribution in [0.5, 0.6) is 23.0 Å². The molecule has 0 saturated carbocycles. The number of nitriles is 1. The van der Waals surface area contributed by atoms with E-state index in [2.05, 4.69) is 11.2 Å². The Hall–Kier alpha value is -4.31. The van der Waals surface area contributed by atoms with Crippen molar-refractivity contribution in [3.8, 4) is 29.1 Å². The molecule has 2 aromatic heterocycles. The molecule has 0 radical (unpaired) electrons. The normalized spacial score (nSPS) is 10.5. The number of fused-ring (bicyclic) bond motifs is 1. The van der Waals surface area contributed by atoms with Gasteiger partial charge in [0.15, 0.2) is 5.75 Å². The summed E-state index contributed by atoms with van der Waals surface area (Å²) in [5.74, 6) is 0.900. The first-order chi connectivity index (χ1) is 14.0. The SMILES string of the molecule is Cc1cc(Oc2ccnn3cc(C(=O)O)cc23)cc(C#N)c1Oc1ccccc1. The molecule has 7 nitrogen and oxygen atoms in total. The van der Waals surface area contributed by atoms with Crippen LogP contribution in [0.1, 0.15) is 21.5 Å². The van der Waals surface area contributed by atoms with E-state index in [-0.39, 0.29) is 5.56 Å². The van der Waals surface area contributed by atoms with Gasteiger partial charge >= 0.3 is 5.97 Å². The van der Waals surface area contributed by atoms with Crippen LogP contribution in [0.2, 0.25) is 0 Å². The standard InChI is InChI=1S/C22H15N3O4/c1-14-9-18(10-15(12-23)21(14)29-17-5-3-2-4-6-17)28-20-7-8-24-25-13-16(22(26)27)11-19(20)25/h2-11,13H,1H3,(H,26,27). The lowest BCUT2D eigenvalue weighted by Gasteiger charge is -2.13. The topological polar surface area (TPSA) is 96.9 Å². The lowest BCUT2D eigenvalue weighted by molar-refractivity contribution is 0.0697. The van der Waals surface area contributed by atoms with Gasteiger partial charge in [-0.15, -0.1) is 0 Å². The van der Waals surface area contributed by atoms with E-state index in [0.717, 1.165) is 5.56 Å². The second-order valence-corrected chi connectivity index (χ2v) is 6.31. The van der Waals surface area contributed by atoms with Crippen LogP contribution in [0, 0.1) is 18.3 Å². The molecule has 0 unspecified atom stereocenters. The largest absolute Gasteiger partial charge is 0.478 e. The summed E-state index contributed by atoms with van der Waals surface area (Å²) in [6.45, 7) is 1.83. The predicted molar refractivity (Wildman–Crippen MR) is 105 cm³/mol. The predicted octanol–water partition coefficient (Wildman–Crippen LogP) is 4.80. The van der Waals surface area contributed by atoms with Crippen molar-refractivity contribution in [2.75, 3.05) is 0 Å². The van der Waals surface area contributed by atoms with Crippen LogP contribution in [0.15, 0.2) is 67.0 Å². The number of aromatic nitrogens is 2. The van der Waals surface area contributed by atoms with Crippen molar-refractivity contribution in [1.82, 2.24) is 9.61 Å². The Balaban J connectivity index is 1.70. The van der Waals surface area contributed by atoms with Gasteiger partial charge in [0.1, 0.15) is 28.8 Å². The number of rotatable bonds is 5. The van der Waals surface area contributed by atoms with Crippen LogP contribution < -0.4 is 9.47 Å². The number of para-hydroxylation sites is 1. The zero-order valence-corrected chi connectivity index (χ0v) is 15.4. The maximum Gasteiger partial charge on any atom is 0.337 e. The quantitative estimate of drug-likeness (QED) is 0.530. The molecule has 0 aliphatic rings. The first-order valence-electron chi connectivity index (χ1n) is 8.71. The highest BCUT2D eigenvalue weighted by atomic mass is 16.5. The van der Waals surface area contributed by atoms with Gasteiger partial charge in [-0.1, -0.05) is 18.2 Å². The molecule has 7 heteroatoms. The molecule has 2 heterocycles. The Bertz CT molecular complexity index is 1260. The zero-order chi connectivity index (χ0) is 20.4. The Kier molecular flexibility index (Phi) is 4.59. The number of carboxylic acids is 1. The van der Waals surface area contributed by atoms with Gasteiger partial charge in [0.05, 0.1) is 17.3 Å². The molecule has 4 aromatic rings. The fourth-order valence-electron chi connectivity index (χ4n) is 2.94. The summed E-state index contributed by atoms with van der Waals surface area (Å²) < 4.78 is 13.3. The van der Waals surface area contributed by atoms with Gasteiger partial charge in [-0.25, -0.2) is 9.31 Å². The second kappa shape index (κ2) is 7.37. The molecule has 0 spiro atoms. The fraction of sp³-hybridized carbons (Fsp3) is 0.0455. The molecule has 0 fully saturated rings. The van der Waals surface area contributed by atoms with Gasteiger partial charge in [-0.2, -0.15) is 10.4 Å². The van der Waals surface area contributed by atoms with Crippen molar-refractivity contribution in [1.29, 1.82) is 5.26 Å². The number of carboxylic acid groups (broad SMARTS) is 1. The highest BCUT2D eigenvalue weighted by Gasteiger charge is 2.15. The van der Waals surface area contributed by atoms with Crippen LogP contribution in [0.4, 0.5) is 0 Å². The number of carbonyl (C=O) groups is 1. The van der Waals surface area contributed by atoms with Crippen LogP contribution in [0.3, 0.4) is 0 Å². The minimum atomic E-state index is -1.05. The Morgan fingerprint density at radius 1 is 1.10 bits per heavy atom. The molecule has 0 atom stereocenters. The first kappa shape index (κ1) is 18.1. The lowest BCUT2D eigenvalue weighted by Crippen LogP contribution is -1.96. The van der Waals surface area contributed by atoms with Gasteiger partial charge < -0.3 is 14.6 Å². The number of nitrogens with zero attached hydrogens (tertiary/aromatic N) is 3. The third-order valence-electron chi connectivity index (χ3n) is 4.28. The number of hydrogen-bond acceptors (Lipinski definition) is 5. The maximum atomic E-state index is 11.2. The maximum absolute atomic E-state index is 11.2. The van der Waals surface area contributed by atoms with E-state index in [1.165, 1.54) is 23.0 Å². The summed E-state index contributed by atoms with van der Waals surface area (Å²) in [5.41, 5.74) is 1.67. The molecule has 4 rings (SSSR count). The van der Waals surface area contributed by atoms with Gasteiger partial charge in [0.2, 0.25) is 0 Å². The van der Waals surface area contributed by atoms with Gasteiger partial charge in [-0.3, -0.25) is 0 Å². The lowest BCUT2D eigenvalue weighted by atomic mass is 10.1. The highest BCUT2D eigenvalue weighted by molar-refractivity contribution is 5.90. The third-order valence-corrected chi connectivity index (χ3v) is 4.28. The molecule has 1 N–H and O–H groups in total. The molecule has 0 bridgehead atoms. The highest BCUT2D eigenvalue weighted by Crippen LogP contribution is 2.35. The van der Waals surface area contributed by atoms with Crippen molar-refractivity contribution in [2.45, 2.75) is 6.92 Å².